The maximum absolute atomic E-state index is 14.2. The molecule has 190 valence electrons. The lowest BCUT2D eigenvalue weighted by Crippen LogP contribution is -2.37. The number of fused-ring (bicyclic) bond motifs is 1. The first-order valence-electron chi connectivity index (χ1n) is 11.4. The Labute approximate surface area is 208 Å². The van der Waals surface area contributed by atoms with E-state index >= 15 is 0 Å². The third-order valence-electron chi connectivity index (χ3n) is 5.95. The normalized spacial score (nSPS) is 18.2. The van der Waals surface area contributed by atoms with Crippen molar-refractivity contribution >= 4 is 17.3 Å². The summed E-state index contributed by atoms with van der Waals surface area (Å²) in [4.78, 5) is 34.7. The van der Waals surface area contributed by atoms with Crippen LogP contribution in [0, 0.1) is 11.3 Å². The zero-order valence-electron chi connectivity index (χ0n) is 19.3. The Hall–Kier alpha value is -4.21. The van der Waals surface area contributed by atoms with Crippen molar-refractivity contribution in [3.63, 3.8) is 0 Å². The largest absolute Gasteiger partial charge is 0.356 e. The van der Waals surface area contributed by atoms with Crippen LogP contribution in [0.5, 0.6) is 0 Å². The molecule has 0 saturated carbocycles. The van der Waals surface area contributed by atoms with E-state index in [4.69, 9.17) is 14.7 Å². The molecule has 3 aromatic rings. The van der Waals surface area contributed by atoms with Crippen molar-refractivity contribution in [1.29, 1.82) is 5.26 Å². The third kappa shape index (κ3) is 5.04. The van der Waals surface area contributed by atoms with Crippen LogP contribution in [-0.2, 0) is 16.0 Å². The maximum Gasteiger partial charge on any atom is 0.270 e. The highest BCUT2D eigenvalue weighted by atomic mass is 19.2. The first-order chi connectivity index (χ1) is 17.8. The zero-order chi connectivity index (χ0) is 26.1. The molecule has 1 fully saturated rings. The Balaban J connectivity index is 1.39. The second kappa shape index (κ2) is 10.0. The van der Waals surface area contributed by atoms with Gasteiger partial charge in [-0.3, -0.25) is 9.59 Å². The predicted octanol–water partition coefficient (Wildman–Crippen LogP) is 3.55. The smallest absolute Gasteiger partial charge is 0.270 e. The molecule has 1 saturated heterocycles. The molecule has 0 spiro atoms. The van der Waals surface area contributed by atoms with E-state index in [1.54, 1.807) is 28.9 Å². The molecule has 2 aliphatic rings. The van der Waals surface area contributed by atoms with E-state index < -0.39 is 47.8 Å². The number of ether oxygens (including phenoxy) is 2. The molecule has 37 heavy (non-hydrogen) atoms. The van der Waals surface area contributed by atoms with Crippen molar-refractivity contribution in [1.82, 2.24) is 19.3 Å². The number of allylic oxidation sites excluding steroid dienone is 4. The van der Waals surface area contributed by atoms with Crippen molar-refractivity contribution in [2.24, 2.45) is 0 Å². The predicted molar refractivity (Wildman–Crippen MR) is 122 cm³/mol. The number of aromatic nitrogens is 3. The van der Waals surface area contributed by atoms with Gasteiger partial charge in [0.2, 0.25) is 0 Å². The number of Topliss-reactive ketones (excluding diaryl/α,β-unsaturated/α-hetero) is 1. The second-order valence-electron chi connectivity index (χ2n) is 8.53. The van der Waals surface area contributed by atoms with Crippen LogP contribution in [0.1, 0.15) is 38.5 Å². The van der Waals surface area contributed by atoms with Crippen molar-refractivity contribution in [2.75, 3.05) is 19.8 Å². The zero-order valence-corrected chi connectivity index (χ0v) is 19.3. The van der Waals surface area contributed by atoms with Gasteiger partial charge in [0, 0.05) is 30.6 Å². The van der Waals surface area contributed by atoms with E-state index in [1.807, 2.05) is 6.07 Å². The van der Waals surface area contributed by atoms with Gasteiger partial charge in [0.25, 0.3) is 5.91 Å². The average Bonchev–Trinajstić information content (AvgIpc) is 3.62. The molecule has 1 unspecified atom stereocenters. The minimum Gasteiger partial charge on any atom is -0.356 e. The molecule has 1 atom stereocenters. The number of H-pyrrole nitrogens is 1. The van der Waals surface area contributed by atoms with Crippen LogP contribution >= 0.6 is 0 Å². The fourth-order valence-corrected chi connectivity index (χ4v) is 4.19. The maximum atomic E-state index is 14.2. The average molecular weight is 511 g/mol. The number of imidazole rings is 1. The third-order valence-corrected chi connectivity index (χ3v) is 5.95. The second-order valence-corrected chi connectivity index (χ2v) is 8.53. The molecule has 9 nitrogen and oxygen atoms in total. The minimum absolute atomic E-state index is 0.0125. The number of alkyl halides is 1. The number of carbonyl (C=O) groups is 2. The SMILES string of the molecule is N#Cc1ccn2cc(CN(CC3OCCO3)C(=O)c3cc(C(=O)C4=C(F)CC(F)C=C4F)c[nH]3)nc2c1. The monoisotopic (exact) mass is 511 g/mol. The number of nitrogens with one attached hydrogen (secondary N) is 1. The van der Waals surface area contributed by atoms with Gasteiger partial charge in [-0.1, -0.05) is 0 Å². The highest BCUT2D eigenvalue weighted by molar-refractivity contribution is 6.12. The summed E-state index contributed by atoms with van der Waals surface area (Å²) < 4.78 is 54.4. The summed E-state index contributed by atoms with van der Waals surface area (Å²) in [5, 5.41) is 9.11. The molecular formula is C25H20F3N5O4. The fourth-order valence-electron chi connectivity index (χ4n) is 4.19. The van der Waals surface area contributed by atoms with Gasteiger partial charge in [0.1, 0.15) is 29.2 Å². The molecule has 0 aromatic carbocycles. The van der Waals surface area contributed by atoms with Crippen LogP contribution in [0.2, 0.25) is 0 Å². The first kappa shape index (κ1) is 24.5. The Bertz CT molecular complexity index is 1480. The Morgan fingerprint density at radius 3 is 2.78 bits per heavy atom. The molecule has 12 heteroatoms. The molecule has 1 N–H and O–H groups in total. The summed E-state index contributed by atoms with van der Waals surface area (Å²) in [6.07, 6.45) is 1.86. The molecule has 3 aromatic heterocycles. The van der Waals surface area contributed by atoms with Crippen LogP contribution in [0.15, 0.2) is 60.1 Å². The van der Waals surface area contributed by atoms with E-state index in [9.17, 15) is 22.8 Å². The number of rotatable bonds is 7. The number of aromatic amines is 1. The van der Waals surface area contributed by atoms with Gasteiger partial charge < -0.3 is 23.8 Å². The summed E-state index contributed by atoms with van der Waals surface area (Å²) in [7, 11) is 0. The summed E-state index contributed by atoms with van der Waals surface area (Å²) in [5.74, 6) is -4.00. The Kier molecular flexibility index (Phi) is 6.64. The van der Waals surface area contributed by atoms with Gasteiger partial charge in [-0.2, -0.15) is 5.26 Å². The lowest BCUT2D eigenvalue weighted by molar-refractivity contribution is -0.0586. The van der Waals surface area contributed by atoms with E-state index in [0.717, 1.165) is 0 Å². The Morgan fingerprint density at radius 1 is 1.27 bits per heavy atom. The van der Waals surface area contributed by atoms with Crippen molar-refractivity contribution < 1.29 is 32.2 Å². The lowest BCUT2D eigenvalue weighted by Gasteiger charge is -2.23. The summed E-state index contributed by atoms with van der Waals surface area (Å²) in [5.41, 5.74) is 0.466. The summed E-state index contributed by atoms with van der Waals surface area (Å²) in [6, 6.07) is 6.48. The van der Waals surface area contributed by atoms with Gasteiger partial charge >= 0.3 is 0 Å². The standard InChI is InChI=1S/C25H20F3N5O4/c26-16-7-18(27)23(19(28)8-16)24(34)15-6-20(30-10-15)25(35)33(13-22-36-3-4-37-22)12-17-11-32-2-1-14(9-29)5-21(32)31-17/h1-2,5-7,10-11,16,22,30H,3-4,8,12-13H2. The Morgan fingerprint density at radius 2 is 2.05 bits per heavy atom. The van der Waals surface area contributed by atoms with Crippen LogP contribution < -0.4 is 0 Å². The molecule has 0 bridgehead atoms. The molecule has 4 heterocycles. The van der Waals surface area contributed by atoms with Crippen molar-refractivity contribution in [3.8, 4) is 6.07 Å². The van der Waals surface area contributed by atoms with E-state index in [1.165, 1.54) is 17.2 Å². The highest BCUT2D eigenvalue weighted by Gasteiger charge is 2.30. The molecule has 5 rings (SSSR count). The molecule has 1 amide bonds. The molecule has 1 aliphatic heterocycles. The topological polar surface area (TPSA) is 113 Å². The van der Waals surface area contributed by atoms with Crippen molar-refractivity contribution in [3.05, 3.63) is 82.6 Å². The van der Waals surface area contributed by atoms with E-state index in [-0.39, 0.29) is 24.3 Å². The van der Waals surface area contributed by atoms with Crippen molar-refractivity contribution in [2.45, 2.75) is 25.4 Å². The van der Waals surface area contributed by atoms with Crippen LogP contribution in [0.3, 0.4) is 0 Å². The number of amides is 1. The number of hydrogen-bond donors (Lipinski definition) is 1. The van der Waals surface area contributed by atoms with Gasteiger partial charge in [-0.05, 0) is 24.3 Å². The van der Waals surface area contributed by atoms with Crippen LogP contribution in [-0.4, -0.2) is 63.2 Å². The van der Waals surface area contributed by atoms with Crippen LogP contribution in [0.25, 0.3) is 5.65 Å². The number of nitriles is 1. The fraction of sp³-hybridized carbons (Fsp3) is 0.280. The van der Waals surface area contributed by atoms with Gasteiger partial charge in [-0.25, -0.2) is 18.2 Å². The number of pyridine rings is 1. The summed E-state index contributed by atoms with van der Waals surface area (Å²) >= 11 is 0. The number of nitrogens with zero attached hydrogens (tertiary/aromatic N) is 4. The first-order valence-corrected chi connectivity index (χ1v) is 11.4. The minimum atomic E-state index is -1.85. The number of carbonyl (C=O) groups excluding carboxylic acids is 2. The quantitative estimate of drug-likeness (QED) is 0.486. The lowest BCUT2D eigenvalue weighted by atomic mass is 9.97. The number of ketones is 1. The molecule has 1 aliphatic carbocycles. The van der Waals surface area contributed by atoms with E-state index in [2.05, 4.69) is 9.97 Å². The highest BCUT2D eigenvalue weighted by Crippen LogP contribution is 2.31. The van der Waals surface area contributed by atoms with Gasteiger partial charge in [0.05, 0.1) is 49.2 Å². The number of halogens is 3. The number of hydrogen-bond acceptors (Lipinski definition) is 6. The summed E-state index contributed by atoms with van der Waals surface area (Å²) in [6.45, 7) is 0.841. The van der Waals surface area contributed by atoms with E-state index in [0.29, 0.717) is 36.2 Å². The molecular weight excluding hydrogens is 491 g/mol. The van der Waals surface area contributed by atoms with Gasteiger partial charge in [0.15, 0.2) is 12.1 Å². The van der Waals surface area contributed by atoms with Crippen LogP contribution in [0.4, 0.5) is 13.2 Å². The van der Waals surface area contributed by atoms with Gasteiger partial charge in [-0.15, -0.1) is 0 Å². The molecule has 0 radical (unpaired) electrons.